The standard InChI is InChI=1S/C10H15NO2/c1-2-3-9-7-4-5-8(6-7)10(9)11(12)13/h4-5,7-10H,2-3,6H2,1H3/t7-,8+,9+,10+/m0/s1. The van der Waals surface area contributed by atoms with Gasteiger partial charge in [-0.1, -0.05) is 25.5 Å². The fourth-order valence-corrected chi connectivity index (χ4v) is 2.93. The predicted molar refractivity (Wildman–Crippen MR) is 49.9 cm³/mol. The van der Waals surface area contributed by atoms with Gasteiger partial charge in [0.25, 0.3) is 0 Å². The molecular weight excluding hydrogens is 166 g/mol. The zero-order valence-electron chi connectivity index (χ0n) is 7.85. The van der Waals surface area contributed by atoms with Crippen molar-refractivity contribution in [1.82, 2.24) is 0 Å². The van der Waals surface area contributed by atoms with Crippen LogP contribution in [-0.4, -0.2) is 11.0 Å². The lowest BCUT2D eigenvalue weighted by Crippen LogP contribution is -2.32. The molecule has 72 valence electrons. The molecule has 0 N–H and O–H groups in total. The highest BCUT2D eigenvalue weighted by Gasteiger charge is 2.50. The zero-order chi connectivity index (χ0) is 9.42. The molecule has 2 aliphatic rings. The van der Waals surface area contributed by atoms with Gasteiger partial charge in [0.05, 0.1) is 0 Å². The lowest BCUT2D eigenvalue weighted by molar-refractivity contribution is -0.535. The van der Waals surface area contributed by atoms with Crippen LogP contribution in [0.4, 0.5) is 0 Å². The molecule has 4 atom stereocenters. The summed E-state index contributed by atoms with van der Waals surface area (Å²) < 4.78 is 0. The van der Waals surface area contributed by atoms with Crippen LogP contribution in [0.3, 0.4) is 0 Å². The van der Waals surface area contributed by atoms with E-state index in [4.69, 9.17) is 0 Å². The summed E-state index contributed by atoms with van der Waals surface area (Å²) in [6, 6.07) is -0.282. The van der Waals surface area contributed by atoms with Crippen molar-refractivity contribution in [3.63, 3.8) is 0 Å². The van der Waals surface area contributed by atoms with E-state index in [1.54, 1.807) is 0 Å². The summed E-state index contributed by atoms with van der Waals surface area (Å²) in [7, 11) is 0. The summed E-state index contributed by atoms with van der Waals surface area (Å²) in [5.74, 6) is 1.05. The Kier molecular flexibility index (Phi) is 2.10. The fourth-order valence-electron chi connectivity index (χ4n) is 2.93. The Balaban J connectivity index is 2.15. The van der Waals surface area contributed by atoms with Crippen molar-refractivity contribution in [1.29, 1.82) is 0 Å². The van der Waals surface area contributed by atoms with Crippen molar-refractivity contribution < 1.29 is 4.92 Å². The number of rotatable bonds is 3. The van der Waals surface area contributed by atoms with Crippen LogP contribution in [0.1, 0.15) is 26.2 Å². The summed E-state index contributed by atoms with van der Waals surface area (Å²) in [4.78, 5) is 10.8. The van der Waals surface area contributed by atoms with E-state index in [0.29, 0.717) is 11.8 Å². The Morgan fingerprint density at radius 3 is 2.77 bits per heavy atom. The van der Waals surface area contributed by atoms with Gasteiger partial charge in [-0.3, -0.25) is 10.1 Å². The third-order valence-corrected chi connectivity index (χ3v) is 3.44. The Labute approximate surface area is 78.0 Å². The molecule has 2 bridgehead atoms. The van der Waals surface area contributed by atoms with Gasteiger partial charge in [-0.2, -0.15) is 0 Å². The maximum absolute atomic E-state index is 10.8. The molecule has 13 heavy (non-hydrogen) atoms. The molecule has 0 radical (unpaired) electrons. The van der Waals surface area contributed by atoms with E-state index < -0.39 is 0 Å². The van der Waals surface area contributed by atoms with Crippen LogP contribution < -0.4 is 0 Å². The van der Waals surface area contributed by atoms with Crippen molar-refractivity contribution in [3.05, 3.63) is 22.3 Å². The van der Waals surface area contributed by atoms with Gasteiger partial charge < -0.3 is 0 Å². The predicted octanol–water partition coefficient (Wildman–Crippen LogP) is 2.25. The van der Waals surface area contributed by atoms with Gasteiger partial charge in [-0.05, 0) is 18.8 Å². The van der Waals surface area contributed by atoms with Gasteiger partial charge in [0.2, 0.25) is 6.04 Å². The Hall–Kier alpha value is -0.860. The first-order chi connectivity index (χ1) is 6.24. The summed E-state index contributed by atoms with van der Waals surface area (Å²) in [6.07, 6.45) is 7.33. The SMILES string of the molecule is CCC[C@H]1[C@H]([N+](=O)[O-])[C@@H]2C=C[C@H]1C2. The van der Waals surface area contributed by atoms with Crippen LogP contribution in [0.15, 0.2) is 12.2 Å². The second kappa shape index (κ2) is 3.13. The van der Waals surface area contributed by atoms with Gasteiger partial charge >= 0.3 is 0 Å². The molecule has 0 aromatic heterocycles. The normalized spacial score (nSPS) is 41.3. The van der Waals surface area contributed by atoms with E-state index in [0.717, 1.165) is 19.3 Å². The topological polar surface area (TPSA) is 43.1 Å². The van der Waals surface area contributed by atoms with Crippen LogP contribution in [0.25, 0.3) is 0 Å². The second-order valence-corrected chi connectivity index (χ2v) is 4.18. The molecular formula is C10H15NO2. The van der Waals surface area contributed by atoms with E-state index in [9.17, 15) is 10.1 Å². The summed E-state index contributed by atoms with van der Waals surface area (Å²) in [5, 5.41) is 10.8. The van der Waals surface area contributed by atoms with Crippen molar-refractivity contribution >= 4 is 0 Å². The molecule has 0 heterocycles. The van der Waals surface area contributed by atoms with Crippen LogP contribution in [-0.2, 0) is 0 Å². The first-order valence-electron chi connectivity index (χ1n) is 5.06. The van der Waals surface area contributed by atoms with Gasteiger partial charge in [-0.25, -0.2) is 0 Å². The molecule has 0 aromatic rings. The minimum atomic E-state index is -0.282. The average Bonchev–Trinajstić information content (AvgIpc) is 2.63. The molecule has 2 aliphatic carbocycles. The summed E-state index contributed by atoms with van der Waals surface area (Å²) >= 11 is 0. The van der Waals surface area contributed by atoms with E-state index in [1.807, 2.05) is 6.08 Å². The smallest absolute Gasteiger partial charge is 0.222 e. The first-order valence-corrected chi connectivity index (χ1v) is 5.06. The minimum absolute atomic E-state index is 0.0610. The van der Waals surface area contributed by atoms with E-state index >= 15 is 0 Å². The second-order valence-electron chi connectivity index (χ2n) is 4.18. The maximum Gasteiger partial charge on any atom is 0.222 e. The van der Waals surface area contributed by atoms with Crippen LogP contribution in [0.2, 0.25) is 0 Å². The van der Waals surface area contributed by atoms with E-state index in [1.165, 1.54) is 0 Å². The summed E-state index contributed by atoms with van der Waals surface area (Å²) in [5.41, 5.74) is 0. The number of allylic oxidation sites excluding steroid dienone is 1. The lowest BCUT2D eigenvalue weighted by atomic mass is 9.86. The van der Waals surface area contributed by atoms with E-state index in [2.05, 4.69) is 13.0 Å². The van der Waals surface area contributed by atoms with E-state index in [-0.39, 0.29) is 16.9 Å². The van der Waals surface area contributed by atoms with Crippen molar-refractivity contribution in [2.24, 2.45) is 17.8 Å². The third kappa shape index (κ3) is 1.26. The Bertz CT molecular complexity index is 249. The number of nitro groups is 1. The molecule has 0 saturated heterocycles. The van der Waals surface area contributed by atoms with Crippen LogP contribution >= 0.6 is 0 Å². The first kappa shape index (κ1) is 8.73. The molecule has 1 saturated carbocycles. The molecule has 0 aromatic carbocycles. The van der Waals surface area contributed by atoms with Gasteiger partial charge in [0, 0.05) is 16.8 Å². The molecule has 1 fully saturated rings. The molecule has 0 amide bonds. The molecule has 0 unspecified atom stereocenters. The maximum atomic E-state index is 10.8. The molecule has 3 nitrogen and oxygen atoms in total. The quantitative estimate of drug-likeness (QED) is 0.381. The molecule has 0 aliphatic heterocycles. The highest BCUT2D eigenvalue weighted by Crippen LogP contribution is 2.46. The highest BCUT2D eigenvalue weighted by atomic mass is 16.6. The summed E-state index contributed by atoms with van der Waals surface area (Å²) in [6.45, 7) is 2.10. The molecule has 3 heteroatoms. The molecule has 0 spiro atoms. The van der Waals surface area contributed by atoms with Crippen molar-refractivity contribution in [2.45, 2.75) is 32.2 Å². The highest BCUT2D eigenvalue weighted by molar-refractivity contribution is 5.14. The Morgan fingerprint density at radius 1 is 1.46 bits per heavy atom. The van der Waals surface area contributed by atoms with Gasteiger partial charge in [0.1, 0.15) is 0 Å². The third-order valence-electron chi connectivity index (χ3n) is 3.44. The van der Waals surface area contributed by atoms with Gasteiger partial charge in [-0.15, -0.1) is 0 Å². The monoisotopic (exact) mass is 181 g/mol. The van der Waals surface area contributed by atoms with Crippen molar-refractivity contribution in [3.8, 4) is 0 Å². The largest absolute Gasteiger partial charge is 0.264 e. The number of hydrogen-bond donors (Lipinski definition) is 0. The number of fused-ring (bicyclic) bond motifs is 2. The van der Waals surface area contributed by atoms with Crippen LogP contribution in [0, 0.1) is 27.9 Å². The van der Waals surface area contributed by atoms with Crippen LogP contribution in [0.5, 0.6) is 0 Å². The average molecular weight is 181 g/mol. The zero-order valence-corrected chi connectivity index (χ0v) is 7.85. The number of nitrogens with zero attached hydrogens (tertiary/aromatic N) is 1. The fraction of sp³-hybridized carbons (Fsp3) is 0.800. The minimum Gasteiger partial charge on any atom is -0.264 e. The molecule has 2 rings (SSSR count). The Morgan fingerprint density at radius 2 is 2.15 bits per heavy atom. The van der Waals surface area contributed by atoms with Crippen molar-refractivity contribution in [2.75, 3.05) is 0 Å². The number of hydrogen-bond acceptors (Lipinski definition) is 2. The lowest BCUT2D eigenvalue weighted by Gasteiger charge is -2.20. The van der Waals surface area contributed by atoms with Gasteiger partial charge in [0.15, 0.2) is 0 Å².